The van der Waals surface area contributed by atoms with Gasteiger partial charge in [-0.15, -0.1) is 0 Å². The third-order valence-corrected chi connectivity index (χ3v) is 4.61. The molecule has 1 saturated heterocycles. The molecule has 19 heavy (non-hydrogen) atoms. The minimum Gasteiger partial charge on any atom is -0.481 e. The molecule has 0 radical (unpaired) electrons. The summed E-state index contributed by atoms with van der Waals surface area (Å²) in [5.74, 6) is -0.464. The van der Waals surface area contributed by atoms with Gasteiger partial charge in [0.2, 0.25) is 0 Å². The fourth-order valence-corrected chi connectivity index (χ4v) is 3.30. The molecule has 0 bridgehead atoms. The van der Waals surface area contributed by atoms with Crippen molar-refractivity contribution in [1.29, 1.82) is 0 Å². The van der Waals surface area contributed by atoms with Crippen molar-refractivity contribution in [2.45, 2.75) is 38.6 Å². The summed E-state index contributed by atoms with van der Waals surface area (Å²) in [5, 5.41) is 8.98. The summed E-state index contributed by atoms with van der Waals surface area (Å²) < 4.78 is 1.07. The third kappa shape index (κ3) is 3.30. The van der Waals surface area contributed by atoms with Crippen LogP contribution in [0.4, 0.5) is 5.69 Å². The van der Waals surface area contributed by atoms with E-state index in [9.17, 15) is 4.79 Å². The van der Waals surface area contributed by atoms with Crippen LogP contribution in [0.5, 0.6) is 0 Å². The summed E-state index contributed by atoms with van der Waals surface area (Å²) in [6.07, 6.45) is 2.27. The molecule has 0 saturated carbocycles. The van der Waals surface area contributed by atoms with Crippen molar-refractivity contribution >= 4 is 27.6 Å². The summed E-state index contributed by atoms with van der Waals surface area (Å²) in [7, 11) is 0. The Morgan fingerprint density at radius 1 is 1.47 bits per heavy atom. The molecule has 0 spiro atoms. The first kappa shape index (κ1) is 14.4. The maximum atomic E-state index is 10.9. The van der Waals surface area contributed by atoms with Gasteiger partial charge in [-0.2, -0.15) is 0 Å². The topological polar surface area (TPSA) is 40.5 Å². The zero-order valence-electron chi connectivity index (χ0n) is 11.4. The van der Waals surface area contributed by atoms with Crippen molar-refractivity contribution in [1.82, 2.24) is 0 Å². The van der Waals surface area contributed by atoms with Gasteiger partial charge in [0.05, 0.1) is 5.69 Å². The summed E-state index contributed by atoms with van der Waals surface area (Å²) in [6.45, 7) is 5.26. The van der Waals surface area contributed by atoms with Gasteiger partial charge < -0.3 is 10.0 Å². The number of para-hydroxylation sites is 1. The number of halogens is 1. The Labute approximate surface area is 122 Å². The largest absolute Gasteiger partial charge is 0.481 e. The van der Waals surface area contributed by atoms with Gasteiger partial charge in [-0.25, -0.2) is 0 Å². The molecule has 1 fully saturated rings. The van der Waals surface area contributed by atoms with Gasteiger partial charge in [0.1, 0.15) is 0 Å². The second kappa shape index (κ2) is 5.53. The molecule has 104 valence electrons. The lowest BCUT2D eigenvalue weighted by atomic mass is 9.83. The van der Waals surface area contributed by atoms with Gasteiger partial charge in [0.25, 0.3) is 0 Å². The Morgan fingerprint density at radius 3 is 2.79 bits per heavy atom. The number of carboxylic acid groups (broad SMARTS) is 1. The molecule has 1 heterocycles. The van der Waals surface area contributed by atoms with E-state index in [1.165, 1.54) is 0 Å². The highest BCUT2D eigenvalue weighted by atomic mass is 79.9. The SMILES string of the molecule is CC1(C)CCC(CC(=O)O)CN1c1ccccc1Br. The highest BCUT2D eigenvalue weighted by molar-refractivity contribution is 9.10. The predicted octanol–water partition coefficient (Wildman–Crippen LogP) is 3.92. The predicted molar refractivity (Wildman–Crippen MR) is 80.5 cm³/mol. The molecule has 1 aromatic carbocycles. The van der Waals surface area contributed by atoms with Gasteiger partial charge in [-0.3, -0.25) is 4.79 Å². The molecule has 1 atom stereocenters. The number of piperidine rings is 1. The van der Waals surface area contributed by atoms with Crippen molar-refractivity contribution in [2.75, 3.05) is 11.4 Å². The molecule has 2 rings (SSSR count). The van der Waals surface area contributed by atoms with Crippen LogP contribution in [0.1, 0.15) is 33.1 Å². The zero-order chi connectivity index (χ0) is 14.0. The van der Waals surface area contributed by atoms with E-state index in [1.807, 2.05) is 18.2 Å². The number of benzene rings is 1. The first-order valence-corrected chi connectivity index (χ1v) is 7.43. The van der Waals surface area contributed by atoms with Crippen LogP contribution in [0.15, 0.2) is 28.7 Å². The molecule has 1 aliphatic heterocycles. The highest BCUT2D eigenvalue weighted by Gasteiger charge is 2.35. The van der Waals surface area contributed by atoms with Crippen LogP contribution in [0.2, 0.25) is 0 Å². The van der Waals surface area contributed by atoms with E-state index >= 15 is 0 Å². The van der Waals surface area contributed by atoms with E-state index in [2.05, 4.69) is 40.7 Å². The number of carboxylic acids is 1. The van der Waals surface area contributed by atoms with Gasteiger partial charge in [0.15, 0.2) is 0 Å². The van der Waals surface area contributed by atoms with E-state index in [4.69, 9.17) is 5.11 Å². The van der Waals surface area contributed by atoms with Crippen LogP contribution in [-0.2, 0) is 4.79 Å². The lowest BCUT2D eigenvalue weighted by Crippen LogP contribution is -2.51. The Kier molecular flexibility index (Phi) is 4.19. The fraction of sp³-hybridized carbons (Fsp3) is 0.533. The molecule has 4 heteroatoms. The third-order valence-electron chi connectivity index (χ3n) is 3.94. The number of hydrogen-bond donors (Lipinski definition) is 1. The summed E-state index contributed by atoms with van der Waals surface area (Å²) >= 11 is 3.60. The first-order valence-electron chi connectivity index (χ1n) is 6.64. The number of hydrogen-bond acceptors (Lipinski definition) is 2. The van der Waals surface area contributed by atoms with Crippen molar-refractivity contribution in [3.63, 3.8) is 0 Å². The average Bonchev–Trinajstić information content (AvgIpc) is 2.32. The molecule has 1 aromatic rings. The van der Waals surface area contributed by atoms with Crippen molar-refractivity contribution in [3.05, 3.63) is 28.7 Å². The number of aliphatic carboxylic acids is 1. The number of carbonyl (C=O) groups is 1. The van der Waals surface area contributed by atoms with Gasteiger partial charge >= 0.3 is 5.97 Å². The maximum Gasteiger partial charge on any atom is 0.303 e. The molecule has 1 unspecified atom stereocenters. The highest BCUT2D eigenvalue weighted by Crippen LogP contribution is 2.38. The van der Waals surface area contributed by atoms with E-state index < -0.39 is 5.97 Å². The molecule has 0 aromatic heterocycles. The van der Waals surface area contributed by atoms with Crippen LogP contribution >= 0.6 is 15.9 Å². The normalized spacial score (nSPS) is 22.3. The van der Waals surface area contributed by atoms with E-state index in [-0.39, 0.29) is 17.9 Å². The fourth-order valence-electron chi connectivity index (χ4n) is 2.80. The molecule has 0 aliphatic carbocycles. The Morgan fingerprint density at radius 2 is 2.16 bits per heavy atom. The number of anilines is 1. The van der Waals surface area contributed by atoms with Crippen molar-refractivity contribution in [3.8, 4) is 0 Å². The standard InChI is InChI=1S/C15H20BrNO2/c1-15(2)8-7-11(9-14(18)19)10-17(15)13-6-4-3-5-12(13)16/h3-6,11H,7-10H2,1-2H3,(H,18,19). The molecule has 1 N–H and O–H groups in total. The second-order valence-corrected chi connectivity index (χ2v) is 6.73. The summed E-state index contributed by atoms with van der Waals surface area (Å²) in [6, 6.07) is 8.15. The molecule has 3 nitrogen and oxygen atoms in total. The molecule has 0 amide bonds. The minimum atomic E-state index is -0.697. The van der Waals surface area contributed by atoms with E-state index in [0.717, 1.165) is 29.5 Å². The molecular formula is C15H20BrNO2. The van der Waals surface area contributed by atoms with Crippen molar-refractivity contribution < 1.29 is 9.90 Å². The van der Waals surface area contributed by atoms with Crippen LogP contribution < -0.4 is 4.90 Å². The second-order valence-electron chi connectivity index (χ2n) is 5.88. The Hall–Kier alpha value is -1.03. The van der Waals surface area contributed by atoms with Gasteiger partial charge in [-0.05, 0) is 60.7 Å². The molecule has 1 aliphatic rings. The Balaban J connectivity index is 2.24. The number of rotatable bonds is 3. The van der Waals surface area contributed by atoms with Crippen LogP contribution in [0.3, 0.4) is 0 Å². The quantitative estimate of drug-likeness (QED) is 0.915. The summed E-state index contributed by atoms with van der Waals surface area (Å²) in [4.78, 5) is 13.3. The monoisotopic (exact) mass is 325 g/mol. The minimum absolute atomic E-state index is 0.0683. The maximum absolute atomic E-state index is 10.9. The lowest BCUT2D eigenvalue weighted by Gasteiger charge is -2.47. The Bertz CT molecular complexity index is 473. The summed E-state index contributed by atoms with van der Waals surface area (Å²) in [5.41, 5.74) is 1.22. The average molecular weight is 326 g/mol. The first-order chi connectivity index (χ1) is 8.90. The lowest BCUT2D eigenvalue weighted by molar-refractivity contribution is -0.138. The van der Waals surface area contributed by atoms with Crippen LogP contribution in [-0.4, -0.2) is 23.2 Å². The van der Waals surface area contributed by atoms with Gasteiger partial charge in [0, 0.05) is 23.0 Å². The van der Waals surface area contributed by atoms with Crippen molar-refractivity contribution in [2.24, 2.45) is 5.92 Å². The van der Waals surface area contributed by atoms with Gasteiger partial charge in [-0.1, -0.05) is 12.1 Å². The zero-order valence-corrected chi connectivity index (χ0v) is 13.0. The van der Waals surface area contributed by atoms with E-state index in [1.54, 1.807) is 0 Å². The van der Waals surface area contributed by atoms with Crippen LogP contribution in [0, 0.1) is 5.92 Å². The number of nitrogens with zero attached hydrogens (tertiary/aromatic N) is 1. The smallest absolute Gasteiger partial charge is 0.303 e. The van der Waals surface area contributed by atoms with Crippen LogP contribution in [0.25, 0.3) is 0 Å². The molecular weight excluding hydrogens is 306 g/mol. The van der Waals surface area contributed by atoms with E-state index in [0.29, 0.717) is 0 Å².